The van der Waals surface area contributed by atoms with Crippen LogP contribution in [0.5, 0.6) is 0 Å². The molecule has 1 aliphatic rings. The van der Waals surface area contributed by atoms with Crippen LogP contribution in [0.2, 0.25) is 0 Å². The molecule has 1 aliphatic heterocycles. The van der Waals surface area contributed by atoms with E-state index in [1.807, 2.05) is 0 Å². The standard InChI is InChI=1S/C15H28N4/c1-3-5-6-7-8-9-10-14-17-18-15-13(4-2)16-11-12-19(14)15/h13,16H,3-12H2,1-2H3. The van der Waals surface area contributed by atoms with Crippen molar-refractivity contribution < 1.29 is 0 Å². The van der Waals surface area contributed by atoms with Crippen LogP contribution in [0.3, 0.4) is 0 Å². The van der Waals surface area contributed by atoms with Crippen LogP contribution in [0.1, 0.15) is 76.5 Å². The summed E-state index contributed by atoms with van der Waals surface area (Å²) in [6.07, 6.45) is 10.2. The van der Waals surface area contributed by atoms with Gasteiger partial charge < -0.3 is 9.88 Å². The number of unbranched alkanes of at least 4 members (excludes halogenated alkanes) is 5. The summed E-state index contributed by atoms with van der Waals surface area (Å²) in [7, 11) is 0. The first-order valence-corrected chi connectivity index (χ1v) is 8.02. The fraction of sp³-hybridized carbons (Fsp3) is 0.867. The second-order valence-electron chi connectivity index (χ2n) is 5.56. The first-order valence-electron chi connectivity index (χ1n) is 8.02. The molecule has 2 rings (SSSR count). The third kappa shape index (κ3) is 3.78. The molecule has 0 saturated carbocycles. The highest BCUT2D eigenvalue weighted by Crippen LogP contribution is 2.20. The van der Waals surface area contributed by atoms with Gasteiger partial charge in [-0.1, -0.05) is 46.0 Å². The Bertz CT molecular complexity index is 372. The van der Waals surface area contributed by atoms with Gasteiger partial charge in [0.25, 0.3) is 0 Å². The molecule has 0 spiro atoms. The van der Waals surface area contributed by atoms with Gasteiger partial charge in [-0.2, -0.15) is 0 Å². The molecule has 4 nitrogen and oxygen atoms in total. The summed E-state index contributed by atoms with van der Waals surface area (Å²) in [5, 5.41) is 12.3. The maximum atomic E-state index is 4.40. The second-order valence-corrected chi connectivity index (χ2v) is 5.56. The van der Waals surface area contributed by atoms with Gasteiger partial charge in [0, 0.05) is 19.5 Å². The van der Waals surface area contributed by atoms with Gasteiger partial charge in [0.2, 0.25) is 0 Å². The van der Waals surface area contributed by atoms with Crippen LogP contribution in [0, 0.1) is 0 Å². The van der Waals surface area contributed by atoms with E-state index < -0.39 is 0 Å². The van der Waals surface area contributed by atoms with Gasteiger partial charge in [0.1, 0.15) is 11.6 Å². The predicted octanol–water partition coefficient (Wildman–Crippen LogP) is 3.24. The van der Waals surface area contributed by atoms with Crippen molar-refractivity contribution in [3.05, 3.63) is 11.6 Å². The molecule has 19 heavy (non-hydrogen) atoms. The summed E-state index contributed by atoms with van der Waals surface area (Å²) in [6, 6.07) is 0.402. The summed E-state index contributed by atoms with van der Waals surface area (Å²) in [5.41, 5.74) is 0. The molecular formula is C15H28N4. The zero-order chi connectivity index (χ0) is 13.5. The molecule has 0 amide bonds. The lowest BCUT2D eigenvalue weighted by molar-refractivity contribution is 0.399. The maximum Gasteiger partial charge on any atom is 0.150 e. The summed E-state index contributed by atoms with van der Waals surface area (Å²) in [4.78, 5) is 0. The number of aryl methyl sites for hydroxylation is 1. The van der Waals surface area contributed by atoms with Crippen molar-refractivity contribution >= 4 is 0 Å². The third-order valence-electron chi connectivity index (χ3n) is 4.06. The molecule has 108 valence electrons. The summed E-state index contributed by atoms with van der Waals surface area (Å²) < 4.78 is 2.34. The van der Waals surface area contributed by atoms with Crippen LogP contribution < -0.4 is 5.32 Å². The molecule has 2 heterocycles. The van der Waals surface area contributed by atoms with Crippen LogP contribution in [-0.4, -0.2) is 21.3 Å². The van der Waals surface area contributed by atoms with E-state index >= 15 is 0 Å². The second kappa shape index (κ2) is 7.63. The number of fused-ring (bicyclic) bond motifs is 1. The molecule has 0 fully saturated rings. The van der Waals surface area contributed by atoms with E-state index in [2.05, 4.69) is 33.9 Å². The molecule has 0 saturated heterocycles. The highest BCUT2D eigenvalue weighted by atomic mass is 15.3. The number of nitrogens with one attached hydrogen (secondary N) is 1. The SMILES string of the molecule is CCCCCCCCc1nnc2n1CCNC2CC. The van der Waals surface area contributed by atoms with Gasteiger partial charge in [-0.3, -0.25) is 0 Å². The molecule has 1 aromatic heterocycles. The molecule has 1 atom stereocenters. The predicted molar refractivity (Wildman–Crippen MR) is 78.1 cm³/mol. The number of nitrogens with zero attached hydrogens (tertiary/aromatic N) is 3. The topological polar surface area (TPSA) is 42.7 Å². The van der Waals surface area contributed by atoms with E-state index in [0.29, 0.717) is 6.04 Å². The van der Waals surface area contributed by atoms with Crippen molar-refractivity contribution in [3.63, 3.8) is 0 Å². The number of hydrogen-bond acceptors (Lipinski definition) is 3. The van der Waals surface area contributed by atoms with Gasteiger partial charge in [0.05, 0.1) is 6.04 Å². The van der Waals surface area contributed by atoms with E-state index in [1.165, 1.54) is 44.3 Å². The van der Waals surface area contributed by atoms with Gasteiger partial charge in [-0.15, -0.1) is 10.2 Å². The van der Waals surface area contributed by atoms with E-state index in [-0.39, 0.29) is 0 Å². The van der Waals surface area contributed by atoms with Gasteiger partial charge in [0.15, 0.2) is 0 Å². The summed E-state index contributed by atoms with van der Waals surface area (Å²) in [6.45, 7) is 6.55. The minimum Gasteiger partial charge on any atom is -0.312 e. The molecule has 0 bridgehead atoms. The quantitative estimate of drug-likeness (QED) is 0.733. The minimum atomic E-state index is 0.402. The lowest BCUT2D eigenvalue weighted by atomic mass is 10.1. The zero-order valence-electron chi connectivity index (χ0n) is 12.5. The van der Waals surface area contributed by atoms with Crippen LogP contribution in [-0.2, 0) is 13.0 Å². The largest absolute Gasteiger partial charge is 0.312 e. The molecule has 0 radical (unpaired) electrons. The average molecular weight is 264 g/mol. The minimum absolute atomic E-state index is 0.402. The Morgan fingerprint density at radius 3 is 2.68 bits per heavy atom. The number of hydrogen-bond donors (Lipinski definition) is 1. The fourth-order valence-electron chi connectivity index (χ4n) is 2.87. The van der Waals surface area contributed by atoms with E-state index in [1.54, 1.807) is 0 Å². The van der Waals surface area contributed by atoms with Crippen molar-refractivity contribution in [2.24, 2.45) is 0 Å². The Balaban J connectivity index is 1.80. The molecule has 1 N–H and O–H groups in total. The Morgan fingerprint density at radius 1 is 1.11 bits per heavy atom. The van der Waals surface area contributed by atoms with Crippen molar-refractivity contribution in [1.29, 1.82) is 0 Å². The van der Waals surface area contributed by atoms with E-state index in [4.69, 9.17) is 0 Å². The van der Waals surface area contributed by atoms with Crippen LogP contribution >= 0.6 is 0 Å². The third-order valence-corrected chi connectivity index (χ3v) is 4.06. The van der Waals surface area contributed by atoms with Crippen molar-refractivity contribution in [2.75, 3.05) is 6.54 Å². The monoisotopic (exact) mass is 264 g/mol. The summed E-state index contributed by atoms with van der Waals surface area (Å²) >= 11 is 0. The van der Waals surface area contributed by atoms with E-state index in [9.17, 15) is 0 Å². The smallest absolute Gasteiger partial charge is 0.150 e. The zero-order valence-corrected chi connectivity index (χ0v) is 12.5. The van der Waals surface area contributed by atoms with Crippen LogP contribution in [0.15, 0.2) is 0 Å². The maximum absolute atomic E-state index is 4.40. The Hall–Kier alpha value is -0.900. The van der Waals surface area contributed by atoms with Crippen molar-refractivity contribution in [2.45, 2.75) is 77.8 Å². The summed E-state index contributed by atoms with van der Waals surface area (Å²) in [5.74, 6) is 2.35. The van der Waals surface area contributed by atoms with Gasteiger partial charge in [-0.25, -0.2) is 0 Å². The molecule has 1 unspecified atom stereocenters. The molecular weight excluding hydrogens is 236 g/mol. The molecule has 4 heteroatoms. The highest BCUT2D eigenvalue weighted by Gasteiger charge is 2.22. The molecule has 1 aromatic rings. The number of aromatic nitrogens is 3. The Kier molecular flexibility index (Phi) is 5.83. The van der Waals surface area contributed by atoms with Crippen LogP contribution in [0.4, 0.5) is 0 Å². The average Bonchev–Trinajstić information content (AvgIpc) is 2.86. The lowest BCUT2D eigenvalue weighted by Crippen LogP contribution is -2.33. The van der Waals surface area contributed by atoms with Crippen molar-refractivity contribution in [3.8, 4) is 0 Å². The van der Waals surface area contributed by atoms with Gasteiger partial charge >= 0.3 is 0 Å². The Labute approximate surface area is 117 Å². The Morgan fingerprint density at radius 2 is 1.89 bits per heavy atom. The normalized spacial score (nSPS) is 18.5. The first-order chi connectivity index (χ1) is 9.36. The molecule has 0 aliphatic carbocycles. The first kappa shape index (κ1) is 14.5. The lowest BCUT2D eigenvalue weighted by Gasteiger charge is -2.24. The fourth-order valence-corrected chi connectivity index (χ4v) is 2.87. The van der Waals surface area contributed by atoms with Crippen LogP contribution in [0.25, 0.3) is 0 Å². The number of rotatable bonds is 8. The molecule has 0 aromatic carbocycles. The van der Waals surface area contributed by atoms with Gasteiger partial charge in [-0.05, 0) is 12.8 Å². The van der Waals surface area contributed by atoms with Crippen molar-refractivity contribution in [1.82, 2.24) is 20.1 Å². The highest BCUT2D eigenvalue weighted by molar-refractivity contribution is 5.04. The van der Waals surface area contributed by atoms with E-state index in [0.717, 1.165) is 31.8 Å².